The Hall–Kier alpha value is -0.990. The fourth-order valence-electron chi connectivity index (χ4n) is 0.352. The normalized spacial score (nSPS) is 9.29. The van der Waals surface area contributed by atoms with Crippen molar-refractivity contribution in [2.75, 3.05) is 0 Å². The maximum Gasteiger partial charge on any atom is 0.250 e. The highest BCUT2D eigenvalue weighted by atomic mass is 16.4. The van der Waals surface area contributed by atoms with E-state index in [1.54, 1.807) is 6.92 Å². The summed E-state index contributed by atoms with van der Waals surface area (Å²) in [7, 11) is 0. The molecule has 0 aliphatic carbocycles. The third-order valence-electron chi connectivity index (χ3n) is 0.607. The Morgan fingerprint density at radius 1 is 1.86 bits per heavy atom. The zero-order chi connectivity index (χ0) is 5.28. The minimum atomic E-state index is -0.0579. The van der Waals surface area contributed by atoms with Gasteiger partial charge in [0.05, 0.1) is 0 Å². The van der Waals surface area contributed by atoms with Crippen LogP contribution in [-0.4, -0.2) is 10.1 Å². The van der Waals surface area contributed by atoms with Crippen molar-refractivity contribution in [3.8, 4) is 5.88 Å². The van der Waals surface area contributed by atoms with Gasteiger partial charge in [0.25, 0.3) is 0 Å². The summed E-state index contributed by atoms with van der Waals surface area (Å²) in [5.74, 6) is 0.426. The van der Waals surface area contributed by atoms with Crippen molar-refractivity contribution in [2.24, 2.45) is 0 Å². The highest BCUT2D eigenvalue weighted by molar-refractivity contribution is 4.98. The number of rotatable bonds is 0. The second-order valence-corrected chi connectivity index (χ2v) is 1.22. The van der Waals surface area contributed by atoms with Gasteiger partial charge in [-0.1, -0.05) is 0 Å². The van der Waals surface area contributed by atoms with Crippen LogP contribution in [0.15, 0.2) is 10.7 Å². The molecule has 0 atom stereocenters. The van der Waals surface area contributed by atoms with E-state index in [0.29, 0.717) is 5.89 Å². The first-order valence-electron chi connectivity index (χ1n) is 1.90. The SMILES string of the molecule is Cc1nc(O)co1. The summed E-state index contributed by atoms with van der Waals surface area (Å²) in [6.07, 6.45) is 1.19. The molecule has 1 rings (SSSR count). The largest absolute Gasteiger partial charge is 0.491 e. The molecule has 1 aromatic heterocycles. The quantitative estimate of drug-likeness (QED) is 0.520. The van der Waals surface area contributed by atoms with Gasteiger partial charge in [-0.15, -0.1) is 0 Å². The summed E-state index contributed by atoms with van der Waals surface area (Å²) in [4.78, 5) is 3.50. The molecule has 3 heteroatoms. The summed E-state index contributed by atoms with van der Waals surface area (Å²) < 4.78 is 4.60. The second-order valence-electron chi connectivity index (χ2n) is 1.22. The van der Waals surface area contributed by atoms with Gasteiger partial charge in [0.2, 0.25) is 5.88 Å². The van der Waals surface area contributed by atoms with Gasteiger partial charge in [0, 0.05) is 6.92 Å². The minimum absolute atomic E-state index is 0.0579. The number of hydrogen-bond acceptors (Lipinski definition) is 3. The second kappa shape index (κ2) is 1.26. The molecule has 0 fully saturated rings. The van der Waals surface area contributed by atoms with Crippen molar-refractivity contribution in [1.29, 1.82) is 0 Å². The van der Waals surface area contributed by atoms with Crippen LogP contribution in [0.2, 0.25) is 0 Å². The van der Waals surface area contributed by atoms with Crippen molar-refractivity contribution < 1.29 is 9.52 Å². The third kappa shape index (κ3) is 0.707. The van der Waals surface area contributed by atoms with Gasteiger partial charge in [-0.3, -0.25) is 0 Å². The Morgan fingerprint density at radius 3 is 2.71 bits per heavy atom. The molecule has 1 N–H and O–H groups in total. The summed E-state index contributed by atoms with van der Waals surface area (Å²) in [5, 5.41) is 8.45. The average molecular weight is 99.1 g/mol. The molecule has 0 amide bonds. The topological polar surface area (TPSA) is 46.3 Å². The van der Waals surface area contributed by atoms with Gasteiger partial charge in [0.1, 0.15) is 0 Å². The molecule has 0 aliphatic rings. The Balaban J connectivity index is 3.04. The molecular weight excluding hydrogens is 94.0 g/mol. The molecule has 0 aliphatic heterocycles. The molecule has 38 valence electrons. The van der Waals surface area contributed by atoms with Crippen molar-refractivity contribution in [3.63, 3.8) is 0 Å². The molecule has 7 heavy (non-hydrogen) atoms. The summed E-state index contributed by atoms with van der Waals surface area (Å²) in [6.45, 7) is 1.67. The number of nitrogens with zero attached hydrogens (tertiary/aromatic N) is 1. The molecule has 0 saturated carbocycles. The molecular formula is C4H5NO2. The smallest absolute Gasteiger partial charge is 0.250 e. The van der Waals surface area contributed by atoms with Crippen LogP contribution in [0.25, 0.3) is 0 Å². The van der Waals surface area contributed by atoms with E-state index < -0.39 is 0 Å². The maximum atomic E-state index is 8.45. The molecule has 1 aromatic rings. The summed E-state index contributed by atoms with van der Waals surface area (Å²) >= 11 is 0. The molecule has 0 unspecified atom stereocenters. The van der Waals surface area contributed by atoms with E-state index >= 15 is 0 Å². The van der Waals surface area contributed by atoms with Crippen molar-refractivity contribution in [2.45, 2.75) is 6.92 Å². The number of oxazole rings is 1. The predicted molar refractivity (Wildman–Crippen MR) is 22.9 cm³/mol. The Bertz CT molecular complexity index is 142. The zero-order valence-electron chi connectivity index (χ0n) is 3.88. The average Bonchev–Trinajstić information content (AvgIpc) is 1.87. The standard InChI is InChI=1S/C4H5NO2/c1-3-5-4(6)2-7-3/h2,6H,1H3. The van der Waals surface area contributed by atoms with Crippen LogP contribution in [0.4, 0.5) is 0 Å². The van der Waals surface area contributed by atoms with Gasteiger partial charge in [-0.2, -0.15) is 4.98 Å². The highest BCUT2D eigenvalue weighted by Gasteiger charge is 1.90. The van der Waals surface area contributed by atoms with Crippen LogP contribution in [0.5, 0.6) is 5.88 Å². The predicted octanol–water partition coefficient (Wildman–Crippen LogP) is 0.689. The first kappa shape index (κ1) is 4.18. The van der Waals surface area contributed by atoms with Gasteiger partial charge >= 0.3 is 0 Å². The van der Waals surface area contributed by atoms with E-state index in [1.165, 1.54) is 6.26 Å². The van der Waals surface area contributed by atoms with Crippen LogP contribution >= 0.6 is 0 Å². The fraction of sp³-hybridized carbons (Fsp3) is 0.250. The van der Waals surface area contributed by atoms with E-state index in [1.807, 2.05) is 0 Å². The van der Waals surface area contributed by atoms with E-state index in [9.17, 15) is 0 Å². The first-order chi connectivity index (χ1) is 3.29. The minimum Gasteiger partial charge on any atom is -0.491 e. The van der Waals surface area contributed by atoms with Gasteiger partial charge < -0.3 is 9.52 Å². The van der Waals surface area contributed by atoms with Crippen molar-refractivity contribution in [1.82, 2.24) is 4.98 Å². The first-order valence-corrected chi connectivity index (χ1v) is 1.90. The molecule has 0 spiro atoms. The number of aryl methyl sites for hydroxylation is 1. The van der Waals surface area contributed by atoms with Gasteiger partial charge in [0.15, 0.2) is 12.2 Å². The monoisotopic (exact) mass is 99.0 g/mol. The lowest BCUT2D eigenvalue weighted by Gasteiger charge is -1.68. The Morgan fingerprint density at radius 2 is 2.57 bits per heavy atom. The lowest BCUT2D eigenvalue weighted by molar-refractivity contribution is 0.447. The Kier molecular flexibility index (Phi) is 0.749. The molecule has 0 saturated heterocycles. The maximum absolute atomic E-state index is 8.45. The van der Waals surface area contributed by atoms with Crippen LogP contribution in [-0.2, 0) is 0 Å². The highest BCUT2D eigenvalue weighted by Crippen LogP contribution is 2.04. The third-order valence-corrected chi connectivity index (χ3v) is 0.607. The molecule has 3 nitrogen and oxygen atoms in total. The van der Waals surface area contributed by atoms with Crippen LogP contribution in [0.3, 0.4) is 0 Å². The fourth-order valence-corrected chi connectivity index (χ4v) is 0.352. The van der Waals surface area contributed by atoms with E-state index in [4.69, 9.17) is 5.11 Å². The summed E-state index contributed by atoms with van der Waals surface area (Å²) in [5.41, 5.74) is 0. The molecule has 0 radical (unpaired) electrons. The number of hydrogen-bond donors (Lipinski definition) is 1. The van der Waals surface area contributed by atoms with Crippen molar-refractivity contribution >= 4 is 0 Å². The van der Waals surface area contributed by atoms with Crippen LogP contribution < -0.4 is 0 Å². The lowest BCUT2D eigenvalue weighted by Crippen LogP contribution is -1.63. The Labute approximate surface area is 40.6 Å². The van der Waals surface area contributed by atoms with Gasteiger partial charge in [-0.25, -0.2) is 0 Å². The number of aromatic hydroxyl groups is 1. The zero-order valence-corrected chi connectivity index (χ0v) is 3.88. The number of aromatic nitrogens is 1. The van der Waals surface area contributed by atoms with E-state index in [0.717, 1.165) is 0 Å². The lowest BCUT2D eigenvalue weighted by atomic mass is 10.8. The van der Waals surface area contributed by atoms with E-state index in [-0.39, 0.29) is 5.88 Å². The van der Waals surface area contributed by atoms with Crippen molar-refractivity contribution in [3.05, 3.63) is 12.2 Å². The van der Waals surface area contributed by atoms with Crippen LogP contribution in [0, 0.1) is 6.92 Å². The molecule has 0 bridgehead atoms. The van der Waals surface area contributed by atoms with Crippen LogP contribution in [0.1, 0.15) is 5.89 Å². The van der Waals surface area contributed by atoms with E-state index in [2.05, 4.69) is 9.40 Å². The van der Waals surface area contributed by atoms with Gasteiger partial charge in [-0.05, 0) is 0 Å². The molecule has 1 heterocycles. The summed E-state index contributed by atoms with van der Waals surface area (Å²) in [6, 6.07) is 0. The molecule has 0 aromatic carbocycles.